The lowest BCUT2D eigenvalue weighted by atomic mass is 10.1. The van der Waals surface area contributed by atoms with Crippen LogP contribution in [0.1, 0.15) is 17.4 Å². The zero-order valence-electron chi connectivity index (χ0n) is 10.00. The molecule has 2 aromatic rings. The van der Waals surface area contributed by atoms with Crippen molar-refractivity contribution in [3.05, 3.63) is 48.2 Å². The maximum atomic E-state index is 11.2. The van der Waals surface area contributed by atoms with Crippen molar-refractivity contribution >= 4 is 5.97 Å². The van der Waals surface area contributed by atoms with E-state index in [0.29, 0.717) is 12.2 Å². The van der Waals surface area contributed by atoms with Gasteiger partial charge in [-0.15, -0.1) is 5.10 Å². The predicted octanol–water partition coefficient (Wildman–Crippen LogP) is 2.22. The van der Waals surface area contributed by atoms with Crippen molar-refractivity contribution in [3.63, 3.8) is 0 Å². The van der Waals surface area contributed by atoms with E-state index in [-0.39, 0.29) is 5.69 Å². The zero-order valence-corrected chi connectivity index (χ0v) is 10.00. The van der Waals surface area contributed by atoms with Crippen LogP contribution in [-0.2, 0) is 6.54 Å². The molecule has 0 unspecified atom stereocenters. The fourth-order valence-corrected chi connectivity index (χ4v) is 1.71. The molecule has 18 heavy (non-hydrogen) atoms. The average molecular weight is 243 g/mol. The highest BCUT2D eigenvalue weighted by Crippen LogP contribution is 2.22. The van der Waals surface area contributed by atoms with E-state index in [4.69, 9.17) is 5.11 Å². The second kappa shape index (κ2) is 4.83. The van der Waals surface area contributed by atoms with E-state index in [1.165, 1.54) is 0 Å². The smallest absolute Gasteiger partial charge is 0.358 e. The summed E-state index contributed by atoms with van der Waals surface area (Å²) in [6.07, 6.45) is 0. The Morgan fingerprint density at radius 2 is 2.06 bits per heavy atom. The lowest BCUT2D eigenvalue weighted by Crippen LogP contribution is -2.05. The largest absolute Gasteiger partial charge is 0.476 e. The molecule has 5 heteroatoms. The standard InChI is InChI=1S/C13H13N3O2/c1-9(2)8-16-12(10-6-4-3-5-7-10)11(13(17)18)14-15-16/h3-7H,1,8H2,2H3,(H,17,18). The Morgan fingerprint density at radius 3 is 2.61 bits per heavy atom. The third-order valence-corrected chi connectivity index (χ3v) is 2.40. The van der Waals surface area contributed by atoms with Crippen molar-refractivity contribution in [3.8, 4) is 11.3 Å². The van der Waals surface area contributed by atoms with E-state index in [1.807, 2.05) is 37.3 Å². The number of hydrogen-bond acceptors (Lipinski definition) is 3. The van der Waals surface area contributed by atoms with E-state index < -0.39 is 5.97 Å². The highest BCUT2D eigenvalue weighted by Gasteiger charge is 2.20. The second-order valence-electron chi connectivity index (χ2n) is 4.07. The third kappa shape index (κ3) is 2.29. The van der Waals surface area contributed by atoms with Crippen LogP contribution in [0.4, 0.5) is 0 Å². The van der Waals surface area contributed by atoms with Crippen LogP contribution in [0.25, 0.3) is 11.3 Å². The molecule has 1 aromatic heterocycles. The molecule has 92 valence electrons. The maximum Gasteiger partial charge on any atom is 0.358 e. The summed E-state index contributed by atoms with van der Waals surface area (Å²) >= 11 is 0. The van der Waals surface area contributed by atoms with Crippen LogP contribution in [0, 0.1) is 0 Å². The quantitative estimate of drug-likeness (QED) is 0.836. The molecule has 1 N–H and O–H groups in total. The number of nitrogens with zero attached hydrogens (tertiary/aromatic N) is 3. The Morgan fingerprint density at radius 1 is 1.39 bits per heavy atom. The first-order chi connectivity index (χ1) is 8.59. The molecule has 0 saturated heterocycles. The Kier molecular flexibility index (Phi) is 3.23. The minimum absolute atomic E-state index is 0.0394. The molecule has 0 fully saturated rings. The molecular formula is C13H13N3O2. The molecule has 1 heterocycles. The summed E-state index contributed by atoms with van der Waals surface area (Å²) in [5, 5.41) is 16.7. The monoisotopic (exact) mass is 243 g/mol. The van der Waals surface area contributed by atoms with Gasteiger partial charge in [0.2, 0.25) is 0 Å². The Bertz CT molecular complexity index is 588. The molecule has 2 rings (SSSR count). The molecule has 0 aliphatic rings. The summed E-state index contributed by atoms with van der Waals surface area (Å²) in [6.45, 7) is 6.11. The lowest BCUT2D eigenvalue weighted by molar-refractivity contribution is 0.0691. The summed E-state index contributed by atoms with van der Waals surface area (Å²) in [5.74, 6) is -1.08. The Balaban J connectivity index is 2.57. The first kappa shape index (κ1) is 12.0. The SMILES string of the molecule is C=C(C)Cn1nnc(C(=O)O)c1-c1ccccc1. The number of allylic oxidation sites excluding steroid dienone is 1. The van der Waals surface area contributed by atoms with Gasteiger partial charge >= 0.3 is 5.97 Å². The molecule has 0 aliphatic carbocycles. The van der Waals surface area contributed by atoms with E-state index in [1.54, 1.807) is 4.68 Å². The average Bonchev–Trinajstić information content (AvgIpc) is 2.73. The van der Waals surface area contributed by atoms with Crippen LogP contribution in [0.15, 0.2) is 42.5 Å². The van der Waals surface area contributed by atoms with Crippen molar-refractivity contribution in [2.75, 3.05) is 0 Å². The molecule has 0 spiro atoms. The first-order valence-electron chi connectivity index (χ1n) is 5.46. The van der Waals surface area contributed by atoms with Crippen LogP contribution in [-0.4, -0.2) is 26.1 Å². The van der Waals surface area contributed by atoms with Crippen LogP contribution >= 0.6 is 0 Å². The van der Waals surface area contributed by atoms with Gasteiger partial charge < -0.3 is 5.11 Å². The summed E-state index contributed by atoms with van der Waals surface area (Å²) < 4.78 is 1.56. The number of carboxylic acids is 1. The van der Waals surface area contributed by atoms with Crippen molar-refractivity contribution in [2.45, 2.75) is 13.5 Å². The molecule has 0 radical (unpaired) electrons. The van der Waals surface area contributed by atoms with Gasteiger partial charge in [0.1, 0.15) is 5.69 Å². The Labute approximate surface area is 104 Å². The van der Waals surface area contributed by atoms with Gasteiger partial charge in [0.15, 0.2) is 5.69 Å². The number of hydrogen-bond donors (Lipinski definition) is 1. The van der Waals surface area contributed by atoms with Gasteiger partial charge in [0.25, 0.3) is 0 Å². The van der Waals surface area contributed by atoms with Gasteiger partial charge in [-0.3, -0.25) is 0 Å². The Hall–Kier alpha value is -2.43. The van der Waals surface area contributed by atoms with E-state index in [9.17, 15) is 4.79 Å². The molecule has 0 amide bonds. The normalized spacial score (nSPS) is 10.3. The fraction of sp³-hybridized carbons (Fsp3) is 0.154. The van der Waals surface area contributed by atoms with Crippen molar-refractivity contribution < 1.29 is 9.90 Å². The molecule has 0 bridgehead atoms. The first-order valence-corrected chi connectivity index (χ1v) is 5.46. The predicted molar refractivity (Wildman–Crippen MR) is 67.2 cm³/mol. The summed E-state index contributed by atoms with van der Waals surface area (Å²) in [4.78, 5) is 11.2. The molecule has 1 aromatic carbocycles. The number of aromatic carboxylic acids is 1. The van der Waals surface area contributed by atoms with Gasteiger partial charge in [0.05, 0.1) is 6.54 Å². The van der Waals surface area contributed by atoms with E-state index in [2.05, 4.69) is 16.9 Å². The zero-order chi connectivity index (χ0) is 13.1. The number of rotatable bonds is 4. The van der Waals surface area contributed by atoms with Crippen molar-refractivity contribution in [2.24, 2.45) is 0 Å². The third-order valence-electron chi connectivity index (χ3n) is 2.40. The number of benzene rings is 1. The number of carboxylic acid groups (broad SMARTS) is 1. The van der Waals surface area contributed by atoms with Crippen molar-refractivity contribution in [1.29, 1.82) is 0 Å². The van der Waals surface area contributed by atoms with Crippen molar-refractivity contribution in [1.82, 2.24) is 15.0 Å². The summed E-state index contributed by atoms with van der Waals surface area (Å²) in [6, 6.07) is 9.23. The maximum absolute atomic E-state index is 11.2. The van der Waals surface area contributed by atoms with Gasteiger partial charge in [-0.2, -0.15) is 0 Å². The van der Waals surface area contributed by atoms with E-state index in [0.717, 1.165) is 11.1 Å². The summed E-state index contributed by atoms with van der Waals surface area (Å²) in [5.41, 5.74) is 2.13. The van der Waals surface area contributed by atoms with Crippen LogP contribution in [0.5, 0.6) is 0 Å². The second-order valence-corrected chi connectivity index (χ2v) is 4.07. The number of carbonyl (C=O) groups is 1. The minimum Gasteiger partial charge on any atom is -0.476 e. The minimum atomic E-state index is -1.08. The van der Waals surface area contributed by atoms with Crippen LogP contribution < -0.4 is 0 Å². The van der Waals surface area contributed by atoms with Gasteiger partial charge in [-0.25, -0.2) is 9.48 Å². The molecule has 0 atom stereocenters. The topological polar surface area (TPSA) is 68.0 Å². The summed E-state index contributed by atoms with van der Waals surface area (Å²) in [7, 11) is 0. The van der Waals surface area contributed by atoms with Crippen LogP contribution in [0.2, 0.25) is 0 Å². The van der Waals surface area contributed by atoms with Gasteiger partial charge in [0, 0.05) is 5.56 Å². The fourth-order valence-electron chi connectivity index (χ4n) is 1.71. The van der Waals surface area contributed by atoms with Gasteiger partial charge in [-0.05, 0) is 6.92 Å². The van der Waals surface area contributed by atoms with E-state index >= 15 is 0 Å². The highest BCUT2D eigenvalue weighted by atomic mass is 16.4. The van der Waals surface area contributed by atoms with Gasteiger partial charge in [-0.1, -0.05) is 47.7 Å². The molecular weight excluding hydrogens is 230 g/mol. The molecule has 0 saturated carbocycles. The molecule has 5 nitrogen and oxygen atoms in total. The molecule has 0 aliphatic heterocycles. The van der Waals surface area contributed by atoms with Crippen LogP contribution in [0.3, 0.4) is 0 Å². The number of aromatic nitrogens is 3. The lowest BCUT2D eigenvalue weighted by Gasteiger charge is -2.06. The highest BCUT2D eigenvalue weighted by molar-refractivity contribution is 5.92.